The van der Waals surface area contributed by atoms with Gasteiger partial charge < -0.3 is 14.6 Å². The van der Waals surface area contributed by atoms with Gasteiger partial charge in [-0.3, -0.25) is 4.79 Å². The van der Waals surface area contributed by atoms with Gasteiger partial charge in [0, 0.05) is 29.6 Å². The monoisotopic (exact) mass is 300 g/mol. The second kappa shape index (κ2) is 6.03. The van der Waals surface area contributed by atoms with Crippen LogP contribution in [-0.2, 0) is 0 Å². The molecule has 0 radical (unpaired) electrons. The number of fused-ring (bicyclic) bond motifs is 1. The number of nitrogens with zero attached hydrogens (tertiary/aromatic N) is 1. The molecule has 1 atom stereocenters. The third-order valence-electron chi connectivity index (χ3n) is 4.84. The van der Waals surface area contributed by atoms with E-state index in [0.717, 1.165) is 53.7 Å². The van der Waals surface area contributed by atoms with Crippen molar-refractivity contribution in [3.63, 3.8) is 0 Å². The fourth-order valence-electron chi connectivity index (χ4n) is 3.49. The predicted molar refractivity (Wildman–Crippen MR) is 88.6 cm³/mol. The number of carbonyl (C=O) groups is 1. The minimum Gasteiger partial charge on any atom is -0.497 e. The molecule has 1 amide bonds. The van der Waals surface area contributed by atoms with Crippen LogP contribution in [0.5, 0.6) is 5.75 Å². The van der Waals surface area contributed by atoms with E-state index in [1.807, 2.05) is 25.1 Å². The number of aromatic amines is 1. The number of nitrogens with one attached hydrogen (secondary N) is 1. The molecule has 22 heavy (non-hydrogen) atoms. The van der Waals surface area contributed by atoms with E-state index in [0.29, 0.717) is 6.04 Å². The molecular formula is C18H24N2O2. The molecule has 4 heteroatoms. The average molecular weight is 300 g/mol. The minimum absolute atomic E-state index is 0.138. The maximum Gasteiger partial charge on any atom is 0.270 e. The Kier molecular flexibility index (Phi) is 4.10. The van der Waals surface area contributed by atoms with E-state index >= 15 is 0 Å². The van der Waals surface area contributed by atoms with Gasteiger partial charge in [0.25, 0.3) is 5.91 Å². The van der Waals surface area contributed by atoms with Crippen LogP contribution in [0.25, 0.3) is 10.9 Å². The van der Waals surface area contributed by atoms with Crippen molar-refractivity contribution in [1.82, 2.24) is 9.88 Å². The van der Waals surface area contributed by atoms with Crippen LogP contribution in [0.3, 0.4) is 0 Å². The topological polar surface area (TPSA) is 45.3 Å². The van der Waals surface area contributed by atoms with Gasteiger partial charge in [-0.05, 0) is 50.3 Å². The smallest absolute Gasteiger partial charge is 0.270 e. The number of carbonyl (C=O) groups excluding carboxylic acids is 1. The Labute approximate surface area is 131 Å². The second-order valence-electron chi connectivity index (χ2n) is 6.09. The summed E-state index contributed by atoms with van der Waals surface area (Å²) >= 11 is 0. The highest BCUT2D eigenvalue weighted by molar-refractivity contribution is 6.01. The standard InChI is InChI=1S/C18H24N2O2/c1-4-13-7-5-6-10-20(13)18(21)17-12(2)15-9-8-14(22-3)11-16(15)19-17/h8-9,11,13,19H,4-7,10H2,1-3H3. The summed E-state index contributed by atoms with van der Waals surface area (Å²) in [4.78, 5) is 18.3. The fraction of sp³-hybridized carbons (Fsp3) is 0.500. The predicted octanol–water partition coefficient (Wildman–Crippen LogP) is 3.89. The molecule has 1 aromatic carbocycles. The highest BCUT2D eigenvalue weighted by Crippen LogP contribution is 2.28. The molecule has 3 rings (SSSR count). The third kappa shape index (κ3) is 2.47. The Balaban J connectivity index is 1.98. The van der Waals surface area contributed by atoms with Gasteiger partial charge in [0.05, 0.1) is 7.11 Å². The molecule has 1 N–H and O–H groups in total. The lowest BCUT2D eigenvalue weighted by atomic mass is 9.99. The molecule has 118 valence electrons. The highest BCUT2D eigenvalue weighted by Gasteiger charge is 2.28. The van der Waals surface area contributed by atoms with Crippen LogP contribution in [0.15, 0.2) is 18.2 Å². The van der Waals surface area contributed by atoms with E-state index in [1.165, 1.54) is 6.42 Å². The van der Waals surface area contributed by atoms with Crippen molar-refractivity contribution in [3.8, 4) is 5.75 Å². The zero-order valence-corrected chi connectivity index (χ0v) is 13.6. The summed E-state index contributed by atoms with van der Waals surface area (Å²) in [5, 5.41) is 1.09. The van der Waals surface area contributed by atoms with Crippen molar-refractivity contribution in [1.29, 1.82) is 0 Å². The Morgan fingerprint density at radius 2 is 2.23 bits per heavy atom. The van der Waals surface area contributed by atoms with Crippen molar-refractivity contribution < 1.29 is 9.53 Å². The molecule has 1 fully saturated rings. The van der Waals surface area contributed by atoms with E-state index < -0.39 is 0 Å². The lowest BCUT2D eigenvalue weighted by Crippen LogP contribution is -2.43. The SMILES string of the molecule is CCC1CCCCN1C(=O)c1[nH]c2cc(OC)ccc2c1C. The Bertz CT molecular complexity index is 690. The van der Waals surface area contributed by atoms with E-state index in [1.54, 1.807) is 7.11 Å². The van der Waals surface area contributed by atoms with Crippen molar-refractivity contribution >= 4 is 16.8 Å². The highest BCUT2D eigenvalue weighted by atomic mass is 16.5. The zero-order valence-electron chi connectivity index (χ0n) is 13.6. The van der Waals surface area contributed by atoms with Crippen LogP contribution < -0.4 is 4.74 Å². The maximum absolute atomic E-state index is 13.0. The summed E-state index contributed by atoms with van der Waals surface area (Å²) in [6.45, 7) is 5.05. The molecule has 1 aromatic heterocycles. The molecule has 2 heterocycles. The number of amides is 1. The number of aryl methyl sites for hydroxylation is 1. The van der Waals surface area contributed by atoms with Crippen LogP contribution >= 0.6 is 0 Å². The number of piperidine rings is 1. The summed E-state index contributed by atoms with van der Waals surface area (Å²) in [5.74, 6) is 0.941. The van der Waals surface area contributed by atoms with Gasteiger partial charge in [-0.2, -0.15) is 0 Å². The first kappa shape index (κ1) is 14.9. The molecule has 1 saturated heterocycles. The van der Waals surface area contributed by atoms with Crippen LogP contribution in [0.1, 0.15) is 48.7 Å². The number of rotatable bonds is 3. The van der Waals surface area contributed by atoms with Crippen molar-refractivity contribution in [2.24, 2.45) is 0 Å². The van der Waals surface area contributed by atoms with E-state index in [-0.39, 0.29) is 5.91 Å². The van der Waals surface area contributed by atoms with E-state index in [9.17, 15) is 4.79 Å². The summed E-state index contributed by atoms with van der Waals surface area (Å²) in [5.41, 5.74) is 2.72. The van der Waals surface area contributed by atoms with Crippen molar-refractivity contribution in [2.75, 3.05) is 13.7 Å². The number of H-pyrrole nitrogens is 1. The van der Waals surface area contributed by atoms with Crippen molar-refractivity contribution in [2.45, 2.75) is 45.6 Å². The Morgan fingerprint density at radius 3 is 2.95 bits per heavy atom. The lowest BCUT2D eigenvalue weighted by Gasteiger charge is -2.35. The molecule has 1 unspecified atom stereocenters. The van der Waals surface area contributed by atoms with Crippen LogP contribution in [0.2, 0.25) is 0 Å². The molecule has 4 nitrogen and oxygen atoms in total. The molecular weight excluding hydrogens is 276 g/mol. The molecule has 0 bridgehead atoms. The van der Waals surface area contributed by atoms with Gasteiger partial charge >= 0.3 is 0 Å². The van der Waals surface area contributed by atoms with Gasteiger partial charge in [-0.1, -0.05) is 6.92 Å². The largest absolute Gasteiger partial charge is 0.497 e. The Morgan fingerprint density at radius 1 is 1.41 bits per heavy atom. The summed E-state index contributed by atoms with van der Waals surface area (Å²) in [6.07, 6.45) is 4.48. The molecule has 1 aliphatic heterocycles. The molecule has 0 saturated carbocycles. The van der Waals surface area contributed by atoms with Crippen LogP contribution in [-0.4, -0.2) is 35.5 Å². The fourth-order valence-corrected chi connectivity index (χ4v) is 3.49. The van der Waals surface area contributed by atoms with E-state index in [2.05, 4.69) is 16.8 Å². The number of ether oxygens (including phenoxy) is 1. The number of hydrogen-bond donors (Lipinski definition) is 1. The molecule has 2 aromatic rings. The molecule has 0 aliphatic carbocycles. The van der Waals surface area contributed by atoms with Gasteiger partial charge in [-0.25, -0.2) is 0 Å². The first-order valence-electron chi connectivity index (χ1n) is 8.13. The zero-order chi connectivity index (χ0) is 15.7. The van der Waals surface area contributed by atoms with Gasteiger partial charge in [0.1, 0.15) is 11.4 Å². The van der Waals surface area contributed by atoms with Crippen LogP contribution in [0, 0.1) is 6.92 Å². The van der Waals surface area contributed by atoms with E-state index in [4.69, 9.17) is 4.74 Å². The minimum atomic E-state index is 0.138. The summed E-state index contributed by atoms with van der Waals surface area (Å²) < 4.78 is 5.27. The Hall–Kier alpha value is -1.97. The lowest BCUT2D eigenvalue weighted by molar-refractivity contribution is 0.0602. The second-order valence-corrected chi connectivity index (χ2v) is 6.09. The number of likely N-dealkylation sites (tertiary alicyclic amines) is 1. The van der Waals surface area contributed by atoms with Gasteiger partial charge in [0.2, 0.25) is 0 Å². The first-order chi connectivity index (χ1) is 10.7. The van der Waals surface area contributed by atoms with Crippen LogP contribution in [0.4, 0.5) is 0 Å². The quantitative estimate of drug-likeness (QED) is 0.934. The van der Waals surface area contributed by atoms with Crippen molar-refractivity contribution in [3.05, 3.63) is 29.5 Å². The average Bonchev–Trinajstić information content (AvgIpc) is 2.90. The normalized spacial score (nSPS) is 18.7. The van der Waals surface area contributed by atoms with Gasteiger partial charge in [-0.15, -0.1) is 0 Å². The number of benzene rings is 1. The number of hydrogen-bond acceptors (Lipinski definition) is 2. The summed E-state index contributed by atoms with van der Waals surface area (Å²) in [6, 6.07) is 6.28. The number of methoxy groups -OCH3 is 1. The van der Waals surface area contributed by atoms with Gasteiger partial charge in [0.15, 0.2) is 0 Å². The summed E-state index contributed by atoms with van der Waals surface area (Å²) in [7, 11) is 1.66. The molecule has 1 aliphatic rings. The molecule has 0 spiro atoms. The number of aromatic nitrogens is 1. The maximum atomic E-state index is 13.0. The first-order valence-corrected chi connectivity index (χ1v) is 8.13. The third-order valence-corrected chi connectivity index (χ3v) is 4.84.